The molecule has 2 nitrogen and oxygen atoms in total. The molecule has 0 spiro atoms. The van der Waals surface area contributed by atoms with E-state index in [1.807, 2.05) is 0 Å². The summed E-state index contributed by atoms with van der Waals surface area (Å²) in [5.41, 5.74) is 1.19. The Labute approximate surface area is 75.5 Å². The lowest BCUT2D eigenvalue weighted by Gasteiger charge is -2.23. The standard InChI is InChI=1S/C10H18N2/c1-5-10(4)8-12(7-6-11)9(2)3/h9H,4-5,7-8H2,1-3H3. The highest BCUT2D eigenvalue weighted by Gasteiger charge is 2.08. The first kappa shape index (κ1) is 11.2. The fourth-order valence-electron chi connectivity index (χ4n) is 0.911. The lowest BCUT2D eigenvalue weighted by atomic mass is 10.2. The highest BCUT2D eigenvalue weighted by atomic mass is 15.1. The number of nitriles is 1. The van der Waals surface area contributed by atoms with Gasteiger partial charge in [-0.2, -0.15) is 5.26 Å². The van der Waals surface area contributed by atoms with Crippen molar-refractivity contribution in [3.63, 3.8) is 0 Å². The maximum Gasteiger partial charge on any atom is 0.0870 e. The van der Waals surface area contributed by atoms with E-state index < -0.39 is 0 Å². The van der Waals surface area contributed by atoms with Crippen molar-refractivity contribution in [3.8, 4) is 6.07 Å². The summed E-state index contributed by atoms with van der Waals surface area (Å²) in [5.74, 6) is 0. The van der Waals surface area contributed by atoms with Crippen LogP contribution in [0.1, 0.15) is 27.2 Å². The highest BCUT2D eigenvalue weighted by Crippen LogP contribution is 2.04. The van der Waals surface area contributed by atoms with E-state index in [0.717, 1.165) is 13.0 Å². The summed E-state index contributed by atoms with van der Waals surface area (Å²) >= 11 is 0. The van der Waals surface area contributed by atoms with E-state index in [0.29, 0.717) is 12.6 Å². The average Bonchev–Trinajstić information content (AvgIpc) is 2.03. The van der Waals surface area contributed by atoms with Crippen molar-refractivity contribution in [3.05, 3.63) is 12.2 Å². The predicted octanol–water partition coefficient (Wildman–Crippen LogP) is 2.19. The molecule has 0 amide bonds. The van der Waals surface area contributed by atoms with Gasteiger partial charge in [0.25, 0.3) is 0 Å². The van der Waals surface area contributed by atoms with E-state index in [4.69, 9.17) is 5.26 Å². The van der Waals surface area contributed by atoms with Gasteiger partial charge in [-0.25, -0.2) is 0 Å². The number of rotatable bonds is 5. The topological polar surface area (TPSA) is 27.0 Å². The lowest BCUT2D eigenvalue weighted by molar-refractivity contribution is 0.268. The van der Waals surface area contributed by atoms with Crippen molar-refractivity contribution in [2.24, 2.45) is 0 Å². The quantitative estimate of drug-likeness (QED) is 0.462. The van der Waals surface area contributed by atoms with Gasteiger partial charge in [0.2, 0.25) is 0 Å². The second-order valence-corrected chi connectivity index (χ2v) is 3.26. The molecule has 0 radical (unpaired) electrons. The van der Waals surface area contributed by atoms with Gasteiger partial charge in [-0.1, -0.05) is 19.1 Å². The third-order valence-corrected chi connectivity index (χ3v) is 1.93. The SMILES string of the molecule is C=C(CC)CN(CC#N)C(C)C. The molecule has 0 aromatic carbocycles. The zero-order valence-corrected chi connectivity index (χ0v) is 8.30. The van der Waals surface area contributed by atoms with Gasteiger partial charge in [-0.05, 0) is 20.3 Å². The minimum Gasteiger partial charge on any atom is -0.284 e. The molecule has 0 aromatic rings. The highest BCUT2D eigenvalue weighted by molar-refractivity contribution is 4.98. The summed E-state index contributed by atoms with van der Waals surface area (Å²) in [7, 11) is 0. The van der Waals surface area contributed by atoms with Crippen LogP contribution in [0.3, 0.4) is 0 Å². The molecule has 0 aliphatic rings. The molecule has 0 unspecified atom stereocenters. The van der Waals surface area contributed by atoms with Crippen LogP contribution in [0, 0.1) is 11.3 Å². The second-order valence-electron chi connectivity index (χ2n) is 3.26. The minimum atomic E-state index is 0.424. The van der Waals surface area contributed by atoms with E-state index in [2.05, 4.69) is 38.3 Å². The van der Waals surface area contributed by atoms with Crippen LogP contribution in [0.25, 0.3) is 0 Å². The molecule has 0 aliphatic carbocycles. The molecule has 0 atom stereocenters. The van der Waals surface area contributed by atoms with Crippen LogP contribution in [0.2, 0.25) is 0 Å². The Bertz CT molecular complexity index is 177. The van der Waals surface area contributed by atoms with Crippen molar-refractivity contribution < 1.29 is 0 Å². The van der Waals surface area contributed by atoms with Crippen molar-refractivity contribution in [1.29, 1.82) is 5.26 Å². The molecule has 2 heteroatoms. The molecule has 0 fully saturated rings. The van der Waals surface area contributed by atoms with E-state index in [1.54, 1.807) is 0 Å². The van der Waals surface area contributed by atoms with Crippen molar-refractivity contribution in [2.45, 2.75) is 33.2 Å². The molecule has 68 valence electrons. The van der Waals surface area contributed by atoms with Gasteiger partial charge >= 0.3 is 0 Å². The monoisotopic (exact) mass is 166 g/mol. The fraction of sp³-hybridized carbons (Fsp3) is 0.700. The predicted molar refractivity (Wildman–Crippen MR) is 51.8 cm³/mol. The van der Waals surface area contributed by atoms with E-state index in [-0.39, 0.29) is 0 Å². The van der Waals surface area contributed by atoms with E-state index in [9.17, 15) is 0 Å². The second kappa shape index (κ2) is 5.79. The van der Waals surface area contributed by atoms with Gasteiger partial charge in [-0.15, -0.1) is 0 Å². The van der Waals surface area contributed by atoms with Crippen LogP contribution in [-0.2, 0) is 0 Å². The molecule has 0 N–H and O–H groups in total. The molecule has 0 heterocycles. The van der Waals surface area contributed by atoms with Crippen LogP contribution < -0.4 is 0 Å². The Balaban J connectivity index is 3.97. The zero-order chi connectivity index (χ0) is 9.56. The van der Waals surface area contributed by atoms with Gasteiger partial charge in [0.05, 0.1) is 12.6 Å². The van der Waals surface area contributed by atoms with Gasteiger partial charge in [0.1, 0.15) is 0 Å². The normalized spacial score (nSPS) is 10.3. The Hall–Kier alpha value is -0.810. The summed E-state index contributed by atoms with van der Waals surface area (Å²) in [4.78, 5) is 2.12. The average molecular weight is 166 g/mol. The van der Waals surface area contributed by atoms with Gasteiger partial charge in [-0.3, -0.25) is 4.90 Å². The number of hydrogen-bond acceptors (Lipinski definition) is 2. The minimum absolute atomic E-state index is 0.424. The van der Waals surface area contributed by atoms with Crippen LogP contribution in [-0.4, -0.2) is 24.0 Å². The molecule has 12 heavy (non-hydrogen) atoms. The van der Waals surface area contributed by atoms with E-state index in [1.165, 1.54) is 5.57 Å². The Morgan fingerprint density at radius 2 is 2.17 bits per heavy atom. The maximum atomic E-state index is 8.55. The molecule has 0 saturated carbocycles. The van der Waals surface area contributed by atoms with Crippen molar-refractivity contribution >= 4 is 0 Å². The third-order valence-electron chi connectivity index (χ3n) is 1.93. The molecule has 0 rings (SSSR count). The molecule has 0 bridgehead atoms. The van der Waals surface area contributed by atoms with Crippen LogP contribution in [0.15, 0.2) is 12.2 Å². The maximum absolute atomic E-state index is 8.55. The zero-order valence-electron chi connectivity index (χ0n) is 8.30. The summed E-state index contributed by atoms with van der Waals surface area (Å²) in [6.07, 6.45) is 0.995. The van der Waals surface area contributed by atoms with Gasteiger partial charge in [0.15, 0.2) is 0 Å². The van der Waals surface area contributed by atoms with Crippen molar-refractivity contribution in [2.75, 3.05) is 13.1 Å². The smallest absolute Gasteiger partial charge is 0.0870 e. The van der Waals surface area contributed by atoms with Gasteiger partial charge < -0.3 is 0 Å². The van der Waals surface area contributed by atoms with E-state index >= 15 is 0 Å². The largest absolute Gasteiger partial charge is 0.284 e. The summed E-state index contributed by atoms with van der Waals surface area (Å²) in [6.45, 7) is 11.6. The summed E-state index contributed by atoms with van der Waals surface area (Å²) in [5, 5.41) is 8.55. The first-order chi connectivity index (χ1) is 5.61. The Kier molecular flexibility index (Phi) is 5.40. The number of nitrogens with zero attached hydrogens (tertiary/aromatic N) is 2. The van der Waals surface area contributed by atoms with Crippen LogP contribution in [0.4, 0.5) is 0 Å². The lowest BCUT2D eigenvalue weighted by Crippen LogP contribution is -2.32. The third kappa shape index (κ3) is 4.15. The van der Waals surface area contributed by atoms with Crippen molar-refractivity contribution in [1.82, 2.24) is 4.90 Å². The molecule has 0 saturated heterocycles. The van der Waals surface area contributed by atoms with Crippen LogP contribution in [0.5, 0.6) is 0 Å². The number of hydrogen-bond donors (Lipinski definition) is 0. The fourth-order valence-corrected chi connectivity index (χ4v) is 0.911. The van der Waals surface area contributed by atoms with Gasteiger partial charge in [0, 0.05) is 12.6 Å². The first-order valence-corrected chi connectivity index (χ1v) is 4.39. The molecular formula is C10H18N2. The van der Waals surface area contributed by atoms with Crippen LogP contribution >= 0.6 is 0 Å². The Morgan fingerprint density at radius 3 is 2.50 bits per heavy atom. The molecular weight excluding hydrogens is 148 g/mol. The summed E-state index contributed by atoms with van der Waals surface area (Å²) in [6, 6.07) is 2.59. The molecule has 0 aromatic heterocycles. The summed E-state index contributed by atoms with van der Waals surface area (Å²) < 4.78 is 0. The molecule has 0 aliphatic heterocycles. The first-order valence-electron chi connectivity index (χ1n) is 4.39. The Morgan fingerprint density at radius 1 is 1.58 bits per heavy atom.